The van der Waals surface area contributed by atoms with Crippen LogP contribution in [0.15, 0.2) is 77.9 Å². The van der Waals surface area contributed by atoms with Crippen molar-refractivity contribution in [2.75, 3.05) is 0 Å². The first-order valence-corrected chi connectivity index (χ1v) is 11.4. The van der Waals surface area contributed by atoms with Gasteiger partial charge in [-0.05, 0) is 43.5 Å². The van der Waals surface area contributed by atoms with E-state index >= 15 is 0 Å². The molecule has 0 saturated heterocycles. The van der Waals surface area contributed by atoms with E-state index in [0.29, 0.717) is 10.3 Å². The summed E-state index contributed by atoms with van der Waals surface area (Å²) in [5, 5.41) is 18.1. The molecule has 3 aromatic carbocycles. The van der Waals surface area contributed by atoms with Gasteiger partial charge in [0.15, 0.2) is 0 Å². The Labute approximate surface area is 199 Å². The monoisotopic (exact) mass is 468 g/mol. The van der Waals surface area contributed by atoms with Gasteiger partial charge in [0.05, 0.1) is 21.7 Å². The minimum absolute atomic E-state index is 0.00293. The standard InChI is InChI=1S/C26H20N4O3S/c1-16-12-20(17(2)29(16)23-9-5-7-18-6-3-4-8-22(18)23)15-27-28-26(31)25-14-19-13-21(30(32)33)10-11-24(19)34-25/h3-15H,1-2H3,(H,28,31). The lowest BCUT2D eigenvalue weighted by Gasteiger charge is -2.12. The summed E-state index contributed by atoms with van der Waals surface area (Å²) < 4.78 is 2.99. The number of aromatic nitrogens is 1. The normalized spacial score (nSPS) is 11.5. The molecule has 1 N–H and O–H groups in total. The number of thiophene rings is 1. The van der Waals surface area contributed by atoms with E-state index in [1.54, 1.807) is 18.3 Å². The molecule has 7 nitrogen and oxygen atoms in total. The summed E-state index contributed by atoms with van der Waals surface area (Å²) >= 11 is 1.27. The summed E-state index contributed by atoms with van der Waals surface area (Å²) in [7, 11) is 0. The molecular weight excluding hydrogens is 448 g/mol. The Morgan fingerprint density at radius 3 is 2.65 bits per heavy atom. The molecule has 0 fully saturated rings. The lowest BCUT2D eigenvalue weighted by atomic mass is 10.1. The van der Waals surface area contributed by atoms with Crippen molar-refractivity contribution in [3.63, 3.8) is 0 Å². The van der Waals surface area contributed by atoms with Gasteiger partial charge in [0.1, 0.15) is 0 Å². The predicted octanol–water partition coefficient (Wildman–Crippen LogP) is 6.13. The van der Waals surface area contributed by atoms with Gasteiger partial charge >= 0.3 is 0 Å². The van der Waals surface area contributed by atoms with Gasteiger partial charge in [0.2, 0.25) is 0 Å². The van der Waals surface area contributed by atoms with Crippen LogP contribution in [-0.2, 0) is 0 Å². The molecule has 0 aliphatic heterocycles. The van der Waals surface area contributed by atoms with E-state index in [0.717, 1.165) is 32.7 Å². The number of hydrogen-bond acceptors (Lipinski definition) is 5. The highest BCUT2D eigenvalue weighted by Crippen LogP contribution is 2.29. The van der Waals surface area contributed by atoms with Crippen LogP contribution in [0, 0.1) is 24.0 Å². The number of amides is 1. The van der Waals surface area contributed by atoms with Gasteiger partial charge in [0.25, 0.3) is 11.6 Å². The first-order valence-electron chi connectivity index (χ1n) is 10.6. The van der Waals surface area contributed by atoms with Crippen LogP contribution in [0.5, 0.6) is 0 Å². The Morgan fingerprint density at radius 1 is 1.03 bits per heavy atom. The van der Waals surface area contributed by atoms with Gasteiger partial charge in [-0.15, -0.1) is 11.3 Å². The number of hydrazone groups is 1. The van der Waals surface area contributed by atoms with Gasteiger partial charge in [-0.25, -0.2) is 5.43 Å². The summed E-state index contributed by atoms with van der Waals surface area (Å²) in [6.45, 7) is 4.07. The summed E-state index contributed by atoms with van der Waals surface area (Å²) in [5.74, 6) is -0.358. The molecular formula is C26H20N4O3S. The zero-order valence-electron chi connectivity index (χ0n) is 18.5. The molecule has 0 bridgehead atoms. The lowest BCUT2D eigenvalue weighted by Crippen LogP contribution is -2.16. The van der Waals surface area contributed by atoms with E-state index in [-0.39, 0.29) is 11.6 Å². The first-order chi connectivity index (χ1) is 16.4. The Hall–Kier alpha value is -4.30. The van der Waals surface area contributed by atoms with Crippen molar-refractivity contribution in [3.05, 3.63) is 105 Å². The average Bonchev–Trinajstić information content (AvgIpc) is 3.38. The molecule has 0 unspecified atom stereocenters. The van der Waals surface area contributed by atoms with Crippen molar-refractivity contribution >= 4 is 50.0 Å². The van der Waals surface area contributed by atoms with Gasteiger partial charge in [-0.3, -0.25) is 14.9 Å². The lowest BCUT2D eigenvalue weighted by molar-refractivity contribution is -0.384. The molecule has 168 valence electrons. The third-order valence-corrected chi connectivity index (χ3v) is 6.90. The highest BCUT2D eigenvalue weighted by atomic mass is 32.1. The van der Waals surface area contributed by atoms with Gasteiger partial charge in [0, 0.05) is 44.6 Å². The van der Waals surface area contributed by atoms with Crippen LogP contribution in [-0.4, -0.2) is 21.6 Å². The third-order valence-electron chi connectivity index (χ3n) is 5.78. The number of nitrogens with one attached hydrogen (secondary N) is 1. The maximum Gasteiger partial charge on any atom is 0.281 e. The topological polar surface area (TPSA) is 89.5 Å². The molecule has 0 atom stereocenters. The fourth-order valence-corrected chi connectivity index (χ4v) is 5.10. The number of fused-ring (bicyclic) bond motifs is 2. The molecule has 1 amide bonds. The minimum Gasteiger partial charge on any atom is -0.317 e. The number of benzene rings is 3. The second-order valence-electron chi connectivity index (χ2n) is 7.95. The molecule has 34 heavy (non-hydrogen) atoms. The smallest absolute Gasteiger partial charge is 0.281 e. The minimum atomic E-state index is -0.449. The number of nitro groups is 1. The molecule has 5 rings (SSSR count). The Balaban J connectivity index is 1.39. The molecule has 0 aliphatic rings. The highest BCUT2D eigenvalue weighted by Gasteiger charge is 2.14. The van der Waals surface area contributed by atoms with E-state index in [4.69, 9.17) is 0 Å². The van der Waals surface area contributed by atoms with Crippen molar-refractivity contribution < 1.29 is 9.72 Å². The predicted molar refractivity (Wildman–Crippen MR) is 136 cm³/mol. The molecule has 0 aliphatic carbocycles. The van der Waals surface area contributed by atoms with Crippen molar-refractivity contribution in [1.29, 1.82) is 0 Å². The zero-order chi connectivity index (χ0) is 23.8. The highest BCUT2D eigenvalue weighted by molar-refractivity contribution is 7.20. The van der Waals surface area contributed by atoms with Crippen LogP contribution < -0.4 is 5.43 Å². The maximum absolute atomic E-state index is 12.6. The van der Waals surface area contributed by atoms with Gasteiger partial charge < -0.3 is 4.57 Å². The molecule has 5 aromatic rings. The van der Waals surface area contributed by atoms with E-state index in [2.05, 4.69) is 39.4 Å². The number of hydrogen-bond donors (Lipinski definition) is 1. The van der Waals surface area contributed by atoms with E-state index in [1.165, 1.54) is 28.9 Å². The fourth-order valence-electron chi connectivity index (χ4n) is 4.16. The molecule has 8 heteroatoms. The van der Waals surface area contributed by atoms with E-state index in [9.17, 15) is 14.9 Å². The van der Waals surface area contributed by atoms with Crippen molar-refractivity contribution in [2.45, 2.75) is 13.8 Å². The summed E-state index contributed by atoms with van der Waals surface area (Å²) in [5.41, 5.74) is 6.64. The maximum atomic E-state index is 12.6. The van der Waals surface area contributed by atoms with Crippen molar-refractivity contribution in [3.8, 4) is 5.69 Å². The Morgan fingerprint density at radius 2 is 1.82 bits per heavy atom. The summed E-state index contributed by atoms with van der Waals surface area (Å²) in [6, 6.07) is 22.7. The summed E-state index contributed by atoms with van der Waals surface area (Å²) in [4.78, 5) is 23.6. The quantitative estimate of drug-likeness (QED) is 0.191. The molecule has 2 aromatic heterocycles. The van der Waals surface area contributed by atoms with Crippen LogP contribution >= 0.6 is 11.3 Å². The van der Waals surface area contributed by atoms with Crippen LogP contribution in [0.1, 0.15) is 26.6 Å². The van der Waals surface area contributed by atoms with Crippen LogP contribution in [0.25, 0.3) is 26.5 Å². The van der Waals surface area contributed by atoms with Crippen molar-refractivity contribution in [1.82, 2.24) is 9.99 Å². The second-order valence-corrected chi connectivity index (χ2v) is 9.03. The second kappa shape index (κ2) is 8.57. The zero-order valence-corrected chi connectivity index (χ0v) is 19.3. The number of non-ortho nitro benzene ring substituents is 1. The Bertz CT molecular complexity index is 1610. The first kappa shape index (κ1) is 21.5. The van der Waals surface area contributed by atoms with Crippen LogP contribution in [0.4, 0.5) is 5.69 Å². The number of nitro benzene ring substituents is 1. The number of carbonyl (C=O) groups is 1. The van der Waals surface area contributed by atoms with Gasteiger partial charge in [-0.1, -0.05) is 36.4 Å². The molecule has 2 heterocycles. The number of carbonyl (C=O) groups excluding carboxylic acids is 1. The van der Waals surface area contributed by atoms with Crippen LogP contribution in [0.2, 0.25) is 0 Å². The third kappa shape index (κ3) is 3.84. The van der Waals surface area contributed by atoms with Crippen LogP contribution in [0.3, 0.4) is 0 Å². The number of aryl methyl sites for hydroxylation is 1. The number of nitrogens with zero attached hydrogens (tertiary/aromatic N) is 3. The largest absolute Gasteiger partial charge is 0.317 e. The van der Waals surface area contributed by atoms with E-state index in [1.807, 2.05) is 38.1 Å². The van der Waals surface area contributed by atoms with Crippen molar-refractivity contribution in [2.24, 2.45) is 5.10 Å². The molecule has 0 saturated carbocycles. The molecule has 0 radical (unpaired) electrons. The van der Waals surface area contributed by atoms with Gasteiger partial charge in [-0.2, -0.15) is 5.10 Å². The average molecular weight is 469 g/mol. The number of rotatable bonds is 5. The van der Waals surface area contributed by atoms with E-state index < -0.39 is 4.92 Å². The fraction of sp³-hybridized carbons (Fsp3) is 0.0769. The SMILES string of the molecule is Cc1cc(C=NNC(=O)c2cc3cc([N+](=O)[O-])ccc3s2)c(C)n1-c1cccc2ccccc12. The Kier molecular flexibility index (Phi) is 5.43. The summed E-state index contributed by atoms with van der Waals surface area (Å²) in [6.07, 6.45) is 1.64. The molecule has 0 spiro atoms.